The third kappa shape index (κ3) is 3.23. The van der Waals surface area contributed by atoms with Gasteiger partial charge in [-0.3, -0.25) is 0 Å². The molecule has 0 spiro atoms. The van der Waals surface area contributed by atoms with Crippen LogP contribution in [0.1, 0.15) is 24.8 Å². The number of hydrogen-bond donors (Lipinski definition) is 0. The van der Waals surface area contributed by atoms with Crippen LogP contribution >= 0.6 is 0 Å². The molecule has 0 amide bonds. The van der Waals surface area contributed by atoms with Crippen LogP contribution < -0.4 is 4.74 Å². The number of nitrogens with zero attached hydrogens (tertiary/aromatic N) is 1. The van der Waals surface area contributed by atoms with Gasteiger partial charge >= 0.3 is 0 Å². The fourth-order valence-corrected chi connectivity index (χ4v) is 3.33. The quantitative estimate of drug-likeness (QED) is 0.796. The van der Waals surface area contributed by atoms with Crippen molar-refractivity contribution in [3.63, 3.8) is 0 Å². The number of benzene rings is 2. The van der Waals surface area contributed by atoms with Gasteiger partial charge in [-0.05, 0) is 60.6 Å². The van der Waals surface area contributed by atoms with Crippen LogP contribution in [0, 0.1) is 17.2 Å². The van der Waals surface area contributed by atoms with Crippen molar-refractivity contribution in [3.05, 3.63) is 54.1 Å². The molecular formula is C20H19NO2. The maximum absolute atomic E-state index is 8.85. The highest BCUT2D eigenvalue weighted by molar-refractivity contribution is 5.64. The third-order valence-electron chi connectivity index (χ3n) is 4.80. The minimum atomic E-state index is 0.510. The van der Waals surface area contributed by atoms with Gasteiger partial charge in [0.15, 0.2) is 0 Å². The molecule has 3 heteroatoms. The zero-order valence-electron chi connectivity index (χ0n) is 12.9. The van der Waals surface area contributed by atoms with Gasteiger partial charge in [0.25, 0.3) is 0 Å². The molecule has 0 aromatic heterocycles. The van der Waals surface area contributed by atoms with Gasteiger partial charge in [-0.2, -0.15) is 5.26 Å². The first-order valence-electron chi connectivity index (χ1n) is 8.21. The van der Waals surface area contributed by atoms with Crippen LogP contribution in [0.5, 0.6) is 5.75 Å². The summed E-state index contributed by atoms with van der Waals surface area (Å²) in [5.74, 6) is 1.54. The molecule has 2 fully saturated rings. The molecule has 1 aliphatic heterocycles. The Morgan fingerprint density at radius 1 is 0.957 bits per heavy atom. The Balaban J connectivity index is 1.36. The Bertz CT molecular complexity index is 715. The van der Waals surface area contributed by atoms with E-state index in [1.165, 1.54) is 12.8 Å². The van der Waals surface area contributed by atoms with Crippen LogP contribution in [0.4, 0.5) is 0 Å². The average Bonchev–Trinajstić information content (AvgIpc) is 3.39. The topological polar surface area (TPSA) is 45.5 Å². The second-order valence-electron chi connectivity index (χ2n) is 6.42. The van der Waals surface area contributed by atoms with Crippen LogP contribution in [0.3, 0.4) is 0 Å². The molecule has 0 N–H and O–H groups in total. The average molecular weight is 305 g/mol. The van der Waals surface area contributed by atoms with Crippen molar-refractivity contribution in [3.8, 4) is 22.9 Å². The maximum Gasteiger partial charge on any atom is 0.119 e. The Hall–Kier alpha value is -2.31. The summed E-state index contributed by atoms with van der Waals surface area (Å²) in [6.45, 7) is 0.781. The molecule has 2 aromatic carbocycles. The highest BCUT2D eigenvalue weighted by Crippen LogP contribution is 2.39. The van der Waals surface area contributed by atoms with E-state index in [0.29, 0.717) is 23.7 Å². The molecule has 2 aliphatic rings. The first-order valence-corrected chi connectivity index (χ1v) is 8.21. The summed E-state index contributed by atoms with van der Waals surface area (Å²) in [6.07, 6.45) is 4.61. The summed E-state index contributed by atoms with van der Waals surface area (Å²) in [6, 6.07) is 18.0. The van der Waals surface area contributed by atoms with E-state index in [0.717, 1.165) is 29.9 Å². The lowest BCUT2D eigenvalue weighted by Crippen LogP contribution is -2.19. The Kier molecular flexibility index (Phi) is 3.77. The SMILES string of the molecule is N#Cc1ccc(-c2ccc(OCC3CCC4OC4C3)cc2)cc1. The number of rotatable bonds is 4. The van der Waals surface area contributed by atoms with E-state index in [1.807, 2.05) is 36.4 Å². The molecule has 116 valence electrons. The van der Waals surface area contributed by atoms with E-state index >= 15 is 0 Å². The van der Waals surface area contributed by atoms with Gasteiger partial charge in [-0.15, -0.1) is 0 Å². The van der Waals surface area contributed by atoms with Crippen molar-refractivity contribution >= 4 is 0 Å². The first kappa shape index (κ1) is 14.3. The summed E-state index contributed by atoms with van der Waals surface area (Å²) in [4.78, 5) is 0. The van der Waals surface area contributed by atoms with Gasteiger partial charge in [0.1, 0.15) is 5.75 Å². The van der Waals surface area contributed by atoms with Crippen molar-refractivity contribution in [1.29, 1.82) is 5.26 Å². The molecule has 1 aliphatic carbocycles. The molecule has 23 heavy (non-hydrogen) atoms. The zero-order chi connectivity index (χ0) is 15.6. The second kappa shape index (κ2) is 6.06. The van der Waals surface area contributed by atoms with Crippen molar-refractivity contribution < 1.29 is 9.47 Å². The van der Waals surface area contributed by atoms with E-state index in [4.69, 9.17) is 14.7 Å². The predicted molar refractivity (Wildman–Crippen MR) is 88.1 cm³/mol. The Morgan fingerprint density at radius 2 is 1.65 bits per heavy atom. The highest BCUT2D eigenvalue weighted by atomic mass is 16.6. The van der Waals surface area contributed by atoms with Crippen LogP contribution in [0.25, 0.3) is 11.1 Å². The fraction of sp³-hybridized carbons (Fsp3) is 0.350. The molecule has 1 heterocycles. The van der Waals surface area contributed by atoms with Crippen LogP contribution in [-0.4, -0.2) is 18.8 Å². The van der Waals surface area contributed by atoms with Gasteiger partial charge < -0.3 is 9.47 Å². The largest absolute Gasteiger partial charge is 0.493 e. The summed E-state index contributed by atoms with van der Waals surface area (Å²) in [7, 11) is 0. The molecular weight excluding hydrogens is 286 g/mol. The number of nitriles is 1. The molecule has 3 nitrogen and oxygen atoms in total. The van der Waals surface area contributed by atoms with Gasteiger partial charge in [0.2, 0.25) is 0 Å². The lowest BCUT2D eigenvalue weighted by atomic mass is 9.90. The lowest BCUT2D eigenvalue weighted by Gasteiger charge is -2.19. The van der Waals surface area contributed by atoms with Crippen LogP contribution in [0.15, 0.2) is 48.5 Å². The van der Waals surface area contributed by atoms with Gasteiger partial charge in [0.05, 0.1) is 30.4 Å². The maximum atomic E-state index is 8.85. The number of epoxide rings is 1. The number of ether oxygens (including phenoxy) is 2. The number of hydrogen-bond acceptors (Lipinski definition) is 3. The Morgan fingerprint density at radius 3 is 2.30 bits per heavy atom. The smallest absolute Gasteiger partial charge is 0.119 e. The fourth-order valence-electron chi connectivity index (χ4n) is 3.33. The molecule has 3 atom stereocenters. The van der Waals surface area contributed by atoms with E-state index in [-0.39, 0.29) is 0 Å². The summed E-state index contributed by atoms with van der Waals surface area (Å²) < 4.78 is 11.5. The standard InChI is InChI=1S/C20H19NO2/c21-12-14-1-4-16(5-2-14)17-6-8-18(9-7-17)22-13-15-3-10-19-20(11-15)23-19/h1-2,4-9,15,19-20H,3,10-11,13H2. The van der Waals surface area contributed by atoms with Crippen molar-refractivity contribution in [2.75, 3.05) is 6.61 Å². The normalized spacial score (nSPS) is 25.3. The zero-order valence-corrected chi connectivity index (χ0v) is 12.9. The molecule has 2 aromatic rings. The summed E-state index contributed by atoms with van der Waals surface area (Å²) >= 11 is 0. The molecule has 0 bridgehead atoms. The van der Waals surface area contributed by atoms with E-state index in [2.05, 4.69) is 18.2 Å². The van der Waals surface area contributed by atoms with E-state index in [9.17, 15) is 0 Å². The molecule has 3 unspecified atom stereocenters. The highest BCUT2D eigenvalue weighted by Gasteiger charge is 2.43. The number of fused-ring (bicyclic) bond motifs is 1. The monoisotopic (exact) mass is 305 g/mol. The van der Waals surface area contributed by atoms with Crippen LogP contribution in [0.2, 0.25) is 0 Å². The van der Waals surface area contributed by atoms with Gasteiger partial charge in [-0.25, -0.2) is 0 Å². The van der Waals surface area contributed by atoms with Crippen LogP contribution in [-0.2, 0) is 4.74 Å². The van der Waals surface area contributed by atoms with Gasteiger partial charge in [-0.1, -0.05) is 24.3 Å². The van der Waals surface area contributed by atoms with Gasteiger partial charge in [0, 0.05) is 0 Å². The van der Waals surface area contributed by atoms with Crippen molar-refractivity contribution in [2.24, 2.45) is 5.92 Å². The van der Waals surface area contributed by atoms with Crippen molar-refractivity contribution in [2.45, 2.75) is 31.5 Å². The van der Waals surface area contributed by atoms with E-state index in [1.54, 1.807) is 0 Å². The predicted octanol–water partition coefficient (Wildman–Crippen LogP) is 4.17. The van der Waals surface area contributed by atoms with E-state index < -0.39 is 0 Å². The molecule has 4 rings (SSSR count). The summed E-state index contributed by atoms with van der Waals surface area (Å²) in [5.41, 5.74) is 2.93. The first-order chi connectivity index (χ1) is 11.3. The minimum absolute atomic E-state index is 0.510. The lowest BCUT2D eigenvalue weighted by molar-refractivity contribution is 0.217. The second-order valence-corrected chi connectivity index (χ2v) is 6.42. The van der Waals surface area contributed by atoms with Crippen molar-refractivity contribution in [1.82, 2.24) is 0 Å². The summed E-state index contributed by atoms with van der Waals surface area (Å²) in [5, 5.41) is 8.85. The molecule has 1 saturated heterocycles. The Labute approximate surface area is 136 Å². The molecule has 0 radical (unpaired) electrons. The molecule has 1 saturated carbocycles. The minimum Gasteiger partial charge on any atom is -0.493 e. The third-order valence-corrected chi connectivity index (χ3v) is 4.80.